The number of aliphatic hydroxyl groups excluding tert-OH is 1. The summed E-state index contributed by atoms with van der Waals surface area (Å²) in [6, 6.07) is 8.68. The number of nitrogens with one attached hydrogen (secondary N) is 2. The maximum absolute atomic E-state index is 14.0. The van der Waals surface area contributed by atoms with Gasteiger partial charge in [-0.05, 0) is 29.8 Å². The standard InChI is InChI=1S/C18H15F2N3O2/c19-12-4-1-11(2-5-12)3-6-15-13-9-17(21-18(25)7-8-24)14(20)10-16(13)23-22-15/h1-6,9-10,24H,7-8H2,(H,21,25)(H,22,23)/b6-3+. The summed E-state index contributed by atoms with van der Waals surface area (Å²) in [6.07, 6.45) is 3.35. The third-order valence-corrected chi connectivity index (χ3v) is 3.60. The zero-order chi connectivity index (χ0) is 17.8. The maximum Gasteiger partial charge on any atom is 0.226 e. The number of aliphatic hydroxyl groups is 1. The Morgan fingerprint density at radius 3 is 2.68 bits per heavy atom. The summed E-state index contributed by atoms with van der Waals surface area (Å²) in [5, 5.41) is 18.6. The average Bonchev–Trinajstić information content (AvgIpc) is 2.97. The Morgan fingerprint density at radius 2 is 1.96 bits per heavy atom. The fourth-order valence-corrected chi connectivity index (χ4v) is 2.34. The third kappa shape index (κ3) is 3.89. The Morgan fingerprint density at radius 1 is 1.20 bits per heavy atom. The van der Waals surface area contributed by atoms with Crippen LogP contribution >= 0.6 is 0 Å². The van der Waals surface area contributed by atoms with E-state index in [0.717, 1.165) is 5.56 Å². The van der Waals surface area contributed by atoms with Crippen LogP contribution in [-0.2, 0) is 4.79 Å². The average molecular weight is 343 g/mol. The summed E-state index contributed by atoms with van der Waals surface area (Å²) in [5.74, 6) is -1.40. The lowest BCUT2D eigenvalue weighted by molar-refractivity contribution is -0.116. The van der Waals surface area contributed by atoms with E-state index in [1.54, 1.807) is 24.3 Å². The number of nitrogens with zero attached hydrogens (tertiary/aromatic N) is 1. The van der Waals surface area contributed by atoms with Crippen LogP contribution in [0.5, 0.6) is 0 Å². The molecule has 0 spiro atoms. The lowest BCUT2D eigenvalue weighted by atomic mass is 10.1. The number of benzene rings is 2. The molecule has 0 fully saturated rings. The highest BCUT2D eigenvalue weighted by Gasteiger charge is 2.11. The van der Waals surface area contributed by atoms with Gasteiger partial charge in [-0.2, -0.15) is 5.10 Å². The van der Waals surface area contributed by atoms with E-state index in [2.05, 4.69) is 15.5 Å². The van der Waals surface area contributed by atoms with Crippen LogP contribution in [0.1, 0.15) is 17.7 Å². The van der Waals surface area contributed by atoms with Crippen molar-refractivity contribution in [3.8, 4) is 0 Å². The van der Waals surface area contributed by atoms with Gasteiger partial charge in [0.25, 0.3) is 0 Å². The van der Waals surface area contributed by atoms with Gasteiger partial charge < -0.3 is 10.4 Å². The molecule has 0 aliphatic heterocycles. The van der Waals surface area contributed by atoms with E-state index in [-0.39, 0.29) is 24.5 Å². The number of aromatic amines is 1. The molecule has 0 aliphatic rings. The molecule has 0 saturated carbocycles. The number of hydrogen-bond donors (Lipinski definition) is 3. The first-order valence-corrected chi connectivity index (χ1v) is 7.59. The molecule has 25 heavy (non-hydrogen) atoms. The molecule has 1 heterocycles. The molecule has 1 aromatic heterocycles. The van der Waals surface area contributed by atoms with Gasteiger partial charge in [-0.15, -0.1) is 0 Å². The first-order chi connectivity index (χ1) is 12.1. The number of anilines is 1. The smallest absolute Gasteiger partial charge is 0.226 e. The summed E-state index contributed by atoms with van der Waals surface area (Å²) in [5.41, 5.74) is 1.84. The predicted octanol–water partition coefficient (Wildman–Crippen LogP) is 3.33. The van der Waals surface area contributed by atoms with Gasteiger partial charge in [0.2, 0.25) is 5.91 Å². The van der Waals surface area contributed by atoms with E-state index in [1.807, 2.05) is 0 Å². The second-order valence-electron chi connectivity index (χ2n) is 5.39. The molecule has 2 aromatic carbocycles. The number of fused-ring (bicyclic) bond motifs is 1. The summed E-state index contributed by atoms with van der Waals surface area (Å²) >= 11 is 0. The minimum atomic E-state index is -0.600. The summed E-state index contributed by atoms with van der Waals surface area (Å²) in [7, 11) is 0. The van der Waals surface area contributed by atoms with E-state index < -0.39 is 11.7 Å². The van der Waals surface area contributed by atoms with Crippen LogP contribution < -0.4 is 5.32 Å². The SMILES string of the molecule is O=C(CCO)Nc1cc2c(/C=C/c3ccc(F)cc3)n[nH]c2cc1F. The Hall–Kier alpha value is -3.06. The van der Waals surface area contributed by atoms with Crippen molar-refractivity contribution in [2.75, 3.05) is 11.9 Å². The van der Waals surface area contributed by atoms with Crippen molar-refractivity contribution in [3.05, 3.63) is 59.3 Å². The van der Waals surface area contributed by atoms with E-state index in [0.29, 0.717) is 16.6 Å². The molecule has 5 nitrogen and oxygen atoms in total. The van der Waals surface area contributed by atoms with Crippen molar-refractivity contribution in [2.45, 2.75) is 6.42 Å². The molecule has 128 valence electrons. The number of H-pyrrole nitrogens is 1. The predicted molar refractivity (Wildman–Crippen MR) is 91.7 cm³/mol. The van der Waals surface area contributed by atoms with Gasteiger partial charge in [-0.25, -0.2) is 8.78 Å². The summed E-state index contributed by atoms with van der Waals surface area (Å²) in [4.78, 5) is 11.6. The zero-order valence-electron chi connectivity index (χ0n) is 13.1. The van der Waals surface area contributed by atoms with Gasteiger partial charge in [-0.3, -0.25) is 9.89 Å². The minimum Gasteiger partial charge on any atom is -0.396 e. The normalized spacial score (nSPS) is 11.3. The van der Waals surface area contributed by atoms with Gasteiger partial charge in [0.05, 0.1) is 29.9 Å². The Balaban J connectivity index is 1.91. The van der Waals surface area contributed by atoms with Crippen molar-refractivity contribution in [2.24, 2.45) is 0 Å². The number of hydrogen-bond acceptors (Lipinski definition) is 3. The molecule has 0 aliphatic carbocycles. The molecule has 0 bridgehead atoms. The maximum atomic E-state index is 14.0. The van der Waals surface area contributed by atoms with E-state index in [1.165, 1.54) is 24.3 Å². The fraction of sp³-hybridized carbons (Fsp3) is 0.111. The molecule has 7 heteroatoms. The third-order valence-electron chi connectivity index (χ3n) is 3.60. The van der Waals surface area contributed by atoms with Gasteiger partial charge in [0.15, 0.2) is 0 Å². The van der Waals surface area contributed by atoms with Gasteiger partial charge in [-0.1, -0.05) is 18.2 Å². The van der Waals surface area contributed by atoms with E-state index in [4.69, 9.17) is 5.11 Å². The lowest BCUT2D eigenvalue weighted by Gasteiger charge is -2.06. The molecular formula is C18H15F2N3O2. The van der Waals surface area contributed by atoms with Gasteiger partial charge >= 0.3 is 0 Å². The van der Waals surface area contributed by atoms with Crippen LogP contribution in [-0.4, -0.2) is 27.8 Å². The van der Waals surface area contributed by atoms with Crippen molar-refractivity contribution in [1.29, 1.82) is 0 Å². The fourth-order valence-electron chi connectivity index (χ4n) is 2.34. The lowest BCUT2D eigenvalue weighted by Crippen LogP contribution is -2.13. The molecule has 0 atom stereocenters. The van der Waals surface area contributed by atoms with Crippen molar-refractivity contribution >= 4 is 34.6 Å². The minimum absolute atomic E-state index is 0.0174. The molecule has 0 radical (unpaired) electrons. The molecular weight excluding hydrogens is 328 g/mol. The van der Waals surface area contributed by atoms with E-state index in [9.17, 15) is 13.6 Å². The van der Waals surface area contributed by atoms with Crippen LogP contribution in [0, 0.1) is 11.6 Å². The monoisotopic (exact) mass is 343 g/mol. The van der Waals surface area contributed by atoms with Gasteiger partial charge in [0.1, 0.15) is 11.6 Å². The zero-order valence-corrected chi connectivity index (χ0v) is 13.1. The number of amides is 1. The number of carbonyl (C=O) groups is 1. The topological polar surface area (TPSA) is 78.0 Å². The second kappa shape index (κ2) is 7.23. The quantitative estimate of drug-likeness (QED) is 0.665. The Kier molecular flexibility index (Phi) is 4.85. The van der Waals surface area contributed by atoms with Crippen LogP contribution in [0.15, 0.2) is 36.4 Å². The molecule has 0 saturated heterocycles. The molecule has 3 aromatic rings. The number of aromatic nitrogens is 2. The second-order valence-corrected chi connectivity index (χ2v) is 5.39. The molecule has 3 N–H and O–H groups in total. The first kappa shape index (κ1) is 16.8. The van der Waals surface area contributed by atoms with Crippen LogP contribution in [0.2, 0.25) is 0 Å². The van der Waals surface area contributed by atoms with Crippen molar-refractivity contribution < 1.29 is 18.7 Å². The van der Waals surface area contributed by atoms with Crippen LogP contribution in [0.3, 0.4) is 0 Å². The highest BCUT2D eigenvalue weighted by atomic mass is 19.1. The summed E-state index contributed by atoms with van der Waals surface area (Å²) < 4.78 is 27.0. The van der Waals surface area contributed by atoms with Gasteiger partial charge in [0, 0.05) is 11.5 Å². The number of halogens is 2. The largest absolute Gasteiger partial charge is 0.396 e. The highest BCUT2D eigenvalue weighted by molar-refractivity contribution is 5.96. The van der Waals surface area contributed by atoms with Crippen molar-refractivity contribution in [1.82, 2.24) is 10.2 Å². The van der Waals surface area contributed by atoms with Crippen molar-refractivity contribution in [3.63, 3.8) is 0 Å². The first-order valence-electron chi connectivity index (χ1n) is 7.59. The molecule has 0 unspecified atom stereocenters. The highest BCUT2D eigenvalue weighted by Crippen LogP contribution is 2.25. The Bertz CT molecular complexity index is 933. The molecule has 3 rings (SSSR count). The number of carbonyl (C=O) groups excluding carboxylic acids is 1. The Labute approximate surface area is 142 Å². The van der Waals surface area contributed by atoms with E-state index >= 15 is 0 Å². The van der Waals surface area contributed by atoms with Crippen LogP contribution in [0.4, 0.5) is 14.5 Å². The molecule has 1 amide bonds. The summed E-state index contributed by atoms with van der Waals surface area (Å²) in [6.45, 7) is -0.312. The number of rotatable bonds is 5. The van der Waals surface area contributed by atoms with Crippen LogP contribution in [0.25, 0.3) is 23.1 Å².